The second kappa shape index (κ2) is 8.77. The van der Waals surface area contributed by atoms with Gasteiger partial charge in [-0.25, -0.2) is 0 Å². The molecule has 0 unspecified atom stereocenters. The second-order valence-corrected chi connectivity index (χ2v) is 6.07. The van der Waals surface area contributed by atoms with Crippen LogP contribution < -0.4 is 20.5 Å². The molecule has 5 nitrogen and oxygen atoms in total. The van der Waals surface area contributed by atoms with Gasteiger partial charge in [0.15, 0.2) is 11.5 Å². The lowest BCUT2D eigenvalue weighted by atomic mass is 9.97. The van der Waals surface area contributed by atoms with Crippen LogP contribution in [0.25, 0.3) is 0 Å². The average molecular weight is 320 g/mol. The molecule has 0 saturated heterocycles. The highest BCUT2D eigenvalue weighted by Crippen LogP contribution is 2.29. The second-order valence-electron chi connectivity index (χ2n) is 6.07. The first-order valence-corrected chi connectivity index (χ1v) is 8.55. The van der Waals surface area contributed by atoms with E-state index in [4.69, 9.17) is 15.2 Å². The van der Waals surface area contributed by atoms with Gasteiger partial charge < -0.3 is 20.5 Å². The number of para-hydroxylation sites is 2. The van der Waals surface area contributed by atoms with Gasteiger partial charge in [-0.05, 0) is 38.3 Å². The first-order valence-electron chi connectivity index (χ1n) is 8.55. The highest BCUT2D eigenvalue weighted by molar-refractivity contribution is 5.76. The molecule has 1 saturated carbocycles. The maximum Gasteiger partial charge on any atom is 0.220 e. The number of nitrogens with one attached hydrogen (secondary N) is 1. The standard InChI is InChI=1S/C18H28N2O3/c1-2-22-15-8-3-4-9-16(15)23-13-7-10-17(21)20-18(14-19)11-5-6-12-18/h3-4,8-9H,2,5-7,10-14,19H2,1H3,(H,20,21). The molecule has 1 aliphatic rings. The molecule has 128 valence electrons. The van der Waals surface area contributed by atoms with Gasteiger partial charge in [0.2, 0.25) is 5.91 Å². The van der Waals surface area contributed by atoms with Crippen molar-refractivity contribution < 1.29 is 14.3 Å². The van der Waals surface area contributed by atoms with Gasteiger partial charge in [0.25, 0.3) is 0 Å². The third-order valence-corrected chi connectivity index (χ3v) is 4.31. The molecule has 1 aliphatic carbocycles. The third kappa shape index (κ3) is 5.13. The van der Waals surface area contributed by atoms with E-state index >= 15 is 0 Å². The SMILES string of the molecule is CCOc1ccccc1OCCCC(=O)NC1(CN)CCCC1. The van der Waals surface area contributed by atoms with E-state index in [1.54, 1.807) is 0 Å². The minimum Gasteiger partial charge on any atom is -0.490 e. The molecular weight excluding hydrogens is 292 g/mol. The molecule has 5 heteroatoms. The maximum absolute atomic E-state index is 12.1. The van der Waals surface area contributed by atoms with Crippen LogP contribution in [0.4, 0.5) is 0 Å². The zero-order valence-electron chi connectivity index (χ0n) is 14.0. The maximum atomic E-state index is 12.1. The quantitative estimate of drug-likeness (QED) is 0.686. The molecule has 0 heterocycles. The summed E-state index contributed by atoms with van der Waals surface area (Å²) in [4.78, 5) is 12.1. The Morgan fingerprint density at radius 1 is 1.22 bits per heavy atom. The number of nitrogens with two attached hydrogens (primary N) is 1. The van der Waals surface area contributed by atoms with Gasteiger partial charge in [-0.3, -0.25) is 4.79 Å². The molecule has 1 aromatic rings. The zero-order valence-corrected chi connectivity index (χ0v) is 14.0. The number of hydrogen-bond donors (Lipinski definition) is 2. The molecule has 0 radical (unpaired) electrons. The van der Waals surface area contributed by atoms with E-state index in [0.717, 1.165) is 37.2 Å². The predicted octanol–water partition coefficient (Wildman–Crippen LogP) is 2.63. The van der Waals surface area contributed by atoms with Crippen molar-refractivity contribution in [3.05, 3.63) is 24.3 Å². The van der Waals surface area contributed by atoms with Crippen LogP contribution in [0.5, 0.6) is 11.5 Å². The molecule has 0 aliphatic heterocycles. The van der Waals surface area contributed by atoms with Gasteiger partial charge in [-0.1, -0.05) is 25.0 Å². The summed E-state index contributed by atoms with van der Waals surface area (Å²) in [6.45, 7) is 3.56. The summed E-state index contributed by atoms with van der Waals surface area (Å²) in [6, 6.07) is 7.60. The number of hydrogen-bond acceptors (Lipinski definition) is 4. The highest BCUT2D eigenvalue weighted by Gasteiger charge is 2.33. The lowest BCUT2D eigenvalue weighted by molar-refractivity contribution is -0.123. The van der Waals surface area contributed by atoms with E-state index in [-0.39, 0.29) is 11.4 Å². The molecule has 1 aromatic carbocycles. The minimum absolute atomic E-state index is 0.0686. The molecule has 2 rings (SSSR count). The Labute approximate surface area is 138 Å². The Balaban J connectivity index is 1.72. The van der Waals surface area contributed by atoms with Crippen LogP contribution in [0, 0.1) is 0 Å². The first kappa shape index (κ1) is 17.6. The van der Waals surface area contributed by atoms with Gasteiger partial charge in [0.1, 0.15) is 0 Å². The number of ether oxygens (including phenoxy) is 2. The monoisotopic (exact) mass is 320 g/mol. The lowest BCUT2D eigenvalue weighted by Gasteiger charge is -2.28. The number of carbonyl (C=O) groups is 1. The van der Waals surface area contributed by atoms with E-state index in [1.165, 1.54) is 0 Å². The van der Waals surface area contributed by atoms with Crippen LogP contribution in [0.15, 0.2) is 24.3 Å². The molecule has 1 fully saturated rings. The summed E-state index contributed by atoms with van der Waals surface area (Å²) in [5.74, 6) is 1.54. The van der Waals surface area contributed by atoms with Gasteiger partial charge in [0.05, 0.1) is 18.8 Å². The summed E-state index contributed by atoms with van der Waals surface area (Å²) in [7, 11) is 0. The summed E-state index contributed by atoms with van der Waals surface area (Å²) in [6.07, 6.45) is 5.41. The van der Waals surface area contributed by atoms with Crippen molar-refractivity contribution in [2.24, 2.45) is 5.73 Å². The van der Waals surface area contributed by atoms with Crippen molar-refractivity contribution in [1.29, 1.82) is 0 Å². The van der Waals surface area contributed by atoms with Crippen LogP contribution >= 0.6 is 0 Å². The molecule has 0 bridgehead atoms. The number of amides is 1. The molecule has 23 heavy (non-hydrogen) atoms. The Kier molecular flexibility index (Phi) is 6.71. The van der Waals surface area contributed by atoms with E-state index in [0.29, 0.717) is 32.6 Å². The van der Waals surface area contributed by atoms with Gasteiger partial charge in [-0.15, -0.1) is 0 Å². The molecule has 3 N–H and O–H groups in total. The summed E-state index contributed by atoms with van der Waals surface area (Å²) in [5.41, 5.74) is 5.67. The largest absolute Gasteiger partial charge is 0.490 e. The number of carbonyl (C=O) groups excluding carboxylic acids is 1. The molecule has 0 atom stereocenters. The van der Waals surface area contributed by atoms with Crippen molar-refractivity contribution in [2.45, 2.75) is 51.0 Å². The smallest absolute Gasteiger partial charge is 0.220 e. The van der Waals surface area contributed by atoms with Gasteiger partial charge in [0, 0.05) is 13.0 Å². The molecule has 0 spiro atoms. The molecule has 0 aromatic heterocycles. The number of benzene rings is 1. The minimum atomic E-state index is -0.167. The normalized spacial score (nSPS) is 16.1. The number of rotatable bonds is 9. The molecular formula is C18H28N2O3. The van der Waals surface area contributed by atoms with Crippen LogP contribution in [0.2, 0.25) is 0 Å². The van der Waals surface area contributed by atoms with Crippen molar-refractivity contribution in [3.63, 3.8) is 0 Å². The zero-order chi connectivity index (χ0) is 16.5. The van der Waals surface area contributed by atoms with Crippen molar-refractivity contribution in [3.8, 4) is 11.5 Å². The Morgan fingerprint density at radius 2 is 1.87 bits per heavy atom. The Hall–Kier alpha value is -1.75. The molecule has 1 amide bonds. The van der Waals surface area contributed by atoms with E-state index in [9.17, 15) is 4.79 Å². The van der Waals surface area contributed by atoms with Crippen molar-refractivity contribution in [1.82, 2.24) is 5.32 Å². The topological polar surface area (TPSA) is 73.6 Å². The lowest BCUT2D eigenvalue weighted by Crippen LogP contribution is -2.51. The van der Waals surface area contributed by atoms with Crippen LogP contribution in [-0.4, -0.2) is 31.2 Å². The average Bonchev–Trinajstić information content (AvgIpc) is 3.02. The first-order chi connectivity index (χ1) is 11.2. The fraction of sp³-hybridized carbons (Fsp3) is 0.611. The highest BCUT2D eigenvalue weighted by atomic mass is 16.5. The third-order valence-electron chi connectivity index (χ3n) is 4.31. The predicted molar refractivity (Wildman–Crippen MR) is 90.7 cm³/mol. The fourth-order valence-corrected chi connectivity index (χ4v) is 3.05. The summed E-state index contributed by atoms with van der Waals surface area (Å²) in [5, 5.41) is 3.13. The summed E-state index contributed by atoms with van der Waals surface area (Å²) >= 11 is 0. The van der Waals surface area contributed by atoms with Crippen molar-refractivity contribution in [2.75, 3.05) is 19.8 Å². The summed E-state index contributed by atoms with van der Waals surface area (Å²) < 4.78 is 11.2. The van der Waals surface area contributed by atoms with E-state index < -0.39 is 0 Å². The van der Waals surface area contributed by atoms with Crippen molar-refractivity contribution >= 4 is 5.91 Å². The fourth-order valence-electron chi connectivity index (χ4n) is 3.05. The van der Waals surface area contributed by atoms with Gasteiger partial charge >= 0.3 is 0 Å². The Morgan fingerprint density at radius 3 is 2.48 bits per heavy atom. The van der Waals surface area contributed by atoms with Gasteiger partial charge in [-0.2, -0.15) is 0 Å². The van der Waals surface area contributed by atoms with E-state index in [2.05, 4.69) is 5.32 Å². The van der Waals surface area contributed by atoms with E-state index in [1.807, 2.05) is 31.2 Å². The van der Waals surface area contributed by atoms with Crippen LogP contribution in [0.3, 0.4) is 0 Å². The Bertz CT molecular complexity index is 499. The van der Waals surface area contributed by atoms with Crippen LogP contribution in [-0.2, 0) is 4.79 Å². The van der Waals surface area contributed by atoms with Crippen LogP contribution in [0.1, 0.15) is 45.4 Å².